The molecule has 3 rings (SSSR count). The lowest BCUT2D eigenvalue weighted by Crippen LogP contribution is -2.34. The molecule has 2 aromatic rings. The first-order chi connectivity index (χ1) is 11.4. The number of halogens is 1. The molecule has 0 saturated heterocycles. The van der Waals surface area contributed by atoms with Gasteiger partial charge in [0.1, 0.15) is 5.75 Å². The molecule has 24 heavy (non-hydrogen) atoms. The largest absolute Gasteiger partial charge is 0.454 e. The molecule has 0 saturated carbocycles. The second-order valence-electron chi connectivity index (χ2n) is 5.66. The highest BCUT2D eigenvalue weighted by molar-refractivity contribution is 6.31. The normalized spacial score (nSPS) is 12.4. The van der Waals surface area contributed by atoms with Crippen molar-refractivity contribution in [2.75, 3.05) is 10.6 Å². The average Bonchev–Trinajstić information content (AvgIpc) is 2.62. The van der Waals surface area contributed by atoms with Crippen molar-refractivity contribution in [3.63, 3.8) is 0 Å². The Labute approximate surface area is 144 Å². The molecule has 124 valence electrons. The Bertz CT molecular complexity index is 821. The van der Waals surface area contributed by atoms with E-state index in [1.165, 1.54) is 0 Å². The van der Waals surface area contributed by atoms with Crippen molar-refractivity contribution in [2.24, 2.45) is 0 Å². The molecule has 7 heteroatoms. The smallest absolute Gasteiger partial charge is 0.319 e. The Morgan fingerprint density at radius 1 is 1.17 bits per heavy atom. The van der Waals surface area contributed by atoms with Crippen molar-refractivity contribution in [1.29, 1.82) is 0 Å². The maximum atomic E-state index is 12.4. The zero-order valence-corrected chi connectivity index (χ0v) is 13.9. The maximum Gasteiger partial charge on any atom is 0.319 e. The second-order valence-corrected chi connectivity index (χ2v) is 6.10. The molecule has 3 N–H and O–H groups in total. The third-order valence-corrected chi connectivity index (χ3v) is 3.55. The molecule has 0 unspecified atom stereocenters. The van der Waals surface area contributed by atoms with Crippen molar-refractivity contribution in [3.05, 3.63) is 47.0 Å². The summed E-state index contributed by atoms with van der Waals surface area (Å²) in [7, 11) is 0. The number of urea groups is 1. The van der Waals surface area contributed by atoms with E-state index in [2.05, 4.69) is 16.0 Å². The number of rotatable bonds is 2. The van der Waals surface area contributed by atoms with Gasteiger partial charge in [0.15, 0.2) is 5.75 Å². The van der Waals surface area contributed by atoms with Gasteiger partial charge in [0.2, 0.25) is 0 Å². The Kier molecular flexibility index (Phi) is 4.31. The summed E-state index contributed by atoms with van der Waals surface area (Å²) in [5.74, 6) is 0.576. The molecule has 2 aromatic carbocycles. The number of hydrogen-bond donors (Lipinski definition) is 3. The van der Waals surface area contributed by atoms with Crippen molar-refractivity contribution in [3.8, 4) is 11.5 Å². The molecule has 0 aromatic heterocycles. The van der Waals surface area contributed by atoms with Crippen LogP contribution in [0.25, 0.3) is 0 Å². The van der Waals surface area contributed by atoms with Crippen LogP contribution in [0.5, 0.6) is 11.5 Å². The summed E-state index contributed by atoms with van der Waals surface area (Å²) in [4.78, 5) is 24.2. The molecular weight excluding hydrogens is 330 g/mol. The first-order valence-electron chi connectivity index (χ1n) is 7.42. The van der Waals surface area contributed by atoms with Gasteiger partial charge in [-0.25, -0.2) is 4.79 Å². The monoisotopic (exact) mass is 345 g/mol. The zero-order chi connectivity index (χ0) is 17.3. The van der Waals surface area contributed by atoms with Crippen molar-refractivity contribution >= 4 is 34.9 Å². The van der Waals surface area contributed by atoms with Gasteiger partial charge in [-0.3, -0.25) is 4.79 Å². The van der Waals surface area contributed by atoms with Crippen LogP contribution in [-0.4, -0.2) is 18.0 Å². The molecule has 0 aliphatic carbocycles. The maximum absolute atomic E-state index is 12.4. The summed E-state index contributed by atoms with van der Waals surface area (Å²) < 4.78 is 5.78. The minimum Gasteiger partial charge on any atom is -0.454 e. The highest BCUT2D eigenvalue weighted by atomic mass is 35.5. The quantitative estimate of drug-likeness (QED) is 0.762. The Morgan fingerprint density at radius 3 is 2.67 bits per heavy atom. The Morgan fingerprint density at radius 2 is 1.92 bits per heavy atom. The van der Waals surface area contributed by atoms with Crippen LogP contribution in [0, 0.1) is 0 Å². The van der Waals surface area contributed by atoms with Crippen molar-refractivity contribution in [1.82, 2.24) is 5.32 Å². The molecule has 3 amide bonds. The Balaban J connectivity index is 1.88. The molecule has 1 heterocycles. The third kappa shape index (κ3) is 3.44. The minimum absolute atomic E-state index is 0.0108. The number of hydrogen-bond acceptors (Lipinski definition) is 3. The van der Waals surface area contributed by atoms with Gasteiger partial charge < -0.3 is 20.7 Å². The summed E-state index contributed by atoms with van der Waals surface area (Å²) >= 11 is 5.95. The number of carbonyl (C=O) groups excluding carboxylic acids is 2. The molecule has 0 bridgehead atoms. The highest BCUT2D eigenvalue weighted by Crippen LogP contribution is 2.37. The van der Waals surface area contributed by atoms with Gasteiger partial charge in [0.25, 0.3) is 5.91 Å². The SMILES string of the molecule is CC(C)NC(=O)Nc1ccc2c(c1)C(=O)Nc1cc(Cl)ccc1O2. The molecular formula is C17H16ClN3O3. The highest BCUT2D eigenvalue weighted by Gasteiger charge is 2.21. The summed E-state index contributed by atoms with van der Waals surface area (Å²) in [6.07, 6.45) is 0. The predicted molar refractivity (Wildman–Crippen MR) is 93.2 cm³/mol. The lowest BCUT2D eigenvalue weighted by molar-refractivity contribution is 0.102. The lowest BCUT2D eigenvalue weighted by Gasteiger charge is -2.12. The van der Waals surface area contributed by atoms with Crippen molar-refractivity contribution < 1.29 is 14.3 Å². The van der Waals surface area contributed by atoms with E-state index in [-0.39, 0.29) is 18.0 Å². The fourth-order valence-electron chi connectivity index (χ4n) is 2.30. The van der Waals surface area contributed by atoms with E-state index in [1.807, 2.05) is 13.8 Å². The summed E-state index contributed by atoms with van der Waals surface area (Å²) in [5, 5.41) is 8.66. The third-order valence-electron chi connectivity index (χ3n) is 3.31. The Hall–Kier alpha value is -2.73. The number of carbonyl (C=O) groups is 2. The number of nitrogens with one attached hydrogen (secondary N) is 3. The van der Waals surface area contributed by atoms with Crippen LogP contribution < -0.4 is 20.7 Å². The number of ether oxygens (including phenoxy) is 1. The van der Waals surface area contributed by atoms with E-state index in [0.717, 1.165) is 0 Å². The van der Waals surface area contributed by atoms with Gasteiger partial charge in [-0.15, -0.1) is 0 Å². The minimum atomic E-state index is -0.338. The van der Waals surface area contributed by atoms with E-state index in [9.17, 15) is 9.59 Å². The molecule has 6 nitrogen and oxygen atoms in total. The number of fused-ring (bicyclic) bond motifs is 2. The average molecular weight is 346 g/mol. The molecule has 0 radical (unpaired) electrons. The predicted octanol–water partition coefficient (Wildman–Crippen LogP) is 4.23. The van der Waals surface area contributed by atoms with Crippen LogP contribution in [-0.2, 0) is 0 Å². The van der Waals surface area contributed by atoms with Crippen LogP contribution in [0.4, 0.5) is 16.2 Å². The standard InChI is InChI=1S/C17H16ClN3O3/c1-9(2)19-17(23)20-11-4-6-14-12(8-11)16(22)21-13-7-10(18)3-5-15(13)24-14/h3-9H,1-2H3,(H,21,22)(H2,19,20,23). The first-order valence-corrected chi connectivity index (χ1v) is 7.80. The summed E-state index contributed by atoms with van der Waals surface area (Å²) in [6.45, 7) is 3.72. The van der Waals surface area contributed by atoms with Gasteiger partial charge in [-0.2, -0.15) is 0 Å². The zero-order valence-electron chi connectivity index (χ0n) is 13.1. The molecule has 1 aliphatic rings. The first kappa shape index (κ1) is 16.1. The second kappa shape index (κ2) is 6.41. The number of amides is 3. The molecule has 0 spiro atoms. The van der Waals surface area contributed by atoms with Crippen LogP contribution in [0.1, 0.15) is 24.2 Å². The fourth-order valence-corrected chi connectivity index (χ4v) is 2.47. The van der Waals surface area contributed by atoms with Crippen LogP contribution in [0.2, 0.25) is 5.02 Å². The van der Waals surface area contributed by atoms with E-state index in [4.69, 9.17) is 16.3 Å². The van der Waals surface area contributed by atoms with Gasteiger partial charge >= 0.3 is 6.03 Å². The van der Waals surface area contributed by atoms with E-state index >= 15 is 0 Å². The summed E-state index contributed by atoms with van der Waals surface area (Å²) in [6, 6.07) is 9.55. The van der Waals surface area contributed by atoms with Gasteiger partial charge in [0.05, 0.1) is 11.3 Å². The number of benzene rings is 2. The van der Waals surface area contributed by atoms with Crippen molar-refractivity contribution in [2.45, 2.75) is 19.9 Å². The van der Waals surface area contributed by atoms with Gasteiger partial charge in [-0.05, 0) is 50.2 Å². The van der Waals surface area contributed by atoms with E-state index in [1.54, 1.807) is 36.4 Å². The van der Waals surface area contributed by atoms with Gasteiger partial charge in [-0.1, -0.05) is 11.6 Å². The van der Waals surface area contributed by atoms with Crippen LogP contribution >= 0.6 is 11.6 Å². The van der Waals surface area contributed by atoms with E-state index < -0.39 is 0 Å². The van der Waals surface area contributed by atoms with Crippen LogP contribution in [0.15, 0.2) is 36.4 Å². The summed E-state index contributed by atoms with van der Waals surface area (Å²) in [5.41, 5.74) is 1.31. The van der Waals surface area contributed by atoms with E-state index in [0.29, 0.717) is 33.5 Å². The molecule has 0 fully saturated rings. The fraction of sp³-hybridized carbons (Fsp3) is 0.176. The number of anilines is 2. The van der Waals surface area contributed by atoms with Gasteiger partial charge in [0, 0.05) is 16.8 Å². The molecule has 1 aliphatic heterocycles. The molecule has 0 atom stereocenters. The van der Waals surface area contributed by atoms with Crippen LogP contribution in [0.3, 0.4) is 0 Å². The lowest BCUT2D eigenvalue weighted by atomic mass is 10.1. The topological polar surface area (TPSA) is 79.5 Å².